The minimum Gasteiger partial charge on any atom is -0.338 e. The average molecular weight is 176 g/mol. The quantitative estimate of drug-likeness (QED) is 0.638. The molecule has 0 aliphatic carbocycles. The lowest BCUT2D eigenvalue weighted by Crippen LogP contribution is -2.21. The SMILES string of the molecule is O=CN1CCCC1c1cccnc1. The molecule has 1 atom stereocenters. The molecular formula is C10H12N2O. The third kappa shape index (κ3) is 1.54. The van der Waals surface area contributed by atoms with Crippen LogP contribution in [0.5, 0.6) is 0 Å². The summed E-state index contributed by atoms with van der Waals surface area (Å²) < 4.78 is 0. The summed E-state index contributed by atoms with van der Waals surface area (Å²) in [4.78, 5) is 16.6. The van der Waals surface area contributed by atoms with Crippen LogP contribution in [0.4, 0.5) is 0 Å². The Balaban J connectivity index is 2.21. The van der Waals surface area contributed by atoms with E-state index in [0.717, 1.165) is 31.4 Å². The van der Waals surface area contributed by atoms with Gasteiger partial charge < -0.3 is 4.90 Å². The lowest BCUT2D eigenvalue weighted by molar-refractivity contribution is -0.118. The molecule has 1 aromatic heterocycles. The van der Waals surface area contributed by atoms with Gasteiger partial charge in [0.25, 0.3) is 0 Å². The summed E-state index contributed by atoms with van der Waals surface area (Å²) in [5, 5.41) is 0. The van der Waals surface area contributed by atoms with E-state index in [1.54, 1.807) is 6.20 Å². The zero-order chi connectivity index (χ0) is 9.10. The summed E-state index contributed by atoms with van der Waals surface area (Å²) >= 11 is 0. The van der Waals surface area contributed by atoms with E-state index >= 15 is 0 Å². The normalized spacial score (nSPS) is 21.8. The van der Waals surface area contributed by atoms with Gasteiger partial charge in [-0.05, 0) is 24.5 Å². The number of carbonyl (C=O) groups is 1. The van der Waals surface area contributed by atoms with Crippen LogP contribution >= 0.6 is 0 Å². The maximum atomic E-state index is 10.7. The van der Waals surface area contributed by atoms with Gasteiger partial charge in [-0.3, -0.25) is 9.78 Å². The van der Waals surface area contributed by atoms with E-state index in [-0.39, 0.29) is 6.04 Å². The molecule has 2 rings (SSSR count). The van der Waals surface area contributed by atoms with E-state index in [2.05, 4.69) is 4.98 Å². The Morgan fingerprint density at radius 3 is 3.23 bits per heavy atom. The second kappa shape index (κ2) is 3.56. The van der Waals surface area contributed by atoms with Gasteiger partial charge in [0.1, 0.15) is 0 Å². The van der Waals surface area contributed by atoms with Crippen molar-refractivity contribution in [3.05, 3.63) is 30.1 Å². The van der Waals surface area contributed by atoms with Gasteiger partial charge >= 0.3 is 0 Å². The molecule has 1 fully saturated rings. The molecule has 1 aliphatic rings. The number of hydrogen-bond donors (Lipinski definition) is 0. The summed E-state index contributed by atoms with van der Waals surface area (Å²) in [7, 11) is 0. The number of amides is 1. The summed E-state index contributed by atoms with van der Waals surface area (Å²) in [5.74, 6) is 0. The highest BCUT2D eigenvalue weighted by Crippen LogP contribution is 2.29. The molecule has 1 amide bonds. The maximum absolute atomic E-state index is 10.7. The zero-order valence-corrected chi connectivity index (χ0v) is 7.39. The smallest absolute Gasteiger partial charge is 0.210 e. The first-order valence-electron chi connectivity index (χ1n) is 4.53. The first-order valence-corrected chi connectivity index (χ1v) is 4.53. The van der Waals surface area contributed by atoms with Gasteiger partial charge in [-0.25, -0.2) is 0 Å². The number of carbonyl (C=O) groups excluding carboxylic acids is 1. The number of likely N-dealkylation sites (tertiary alicyclic amines) is 1. The number of rotatable bonds is 2. The number of aromatic nitrogens is 1. The molecule has 1 unspecified atom stereocenters. The first kappa shape index (κ1) is 8.23. The molecule has 1 saturated heterocycles. The number of nitrogens with zero attached hydrogens (tertiary/aromatic N) is 2. The summed E-state index contributed by atoms with van der Waals surface area (Å²) in [6.07, 6.45) is 6.68. The molecule has 3 heteroatoms. The Morgan fingerprint density at radius 1 is 1.62 bits per heavy atom. The van der Waals surface area contributed by atoms with Gasteiger partial charge in [0.05, 0.1) is 6.04 Å². The molecule has 68 valence electrons. The molecule has 2 heterocycles. The highest BCUT2D eigenvalue weighted by atomic mass is 16.1. The van der Waals surface area contributed by atoms with Gasteiger partial charge in [0.2, 0.25) is 6.41 Å². The molecule has 1 aromatic rings. The maximum Gasteiger partial charge on any atom is 0.210 e. The van der Waals surface area contributed by atoms with Crippen molar-refractivity contribution >= 4 is 6.41 Å². The van der Waals surface area contributed by atoms with Gasteiger partial charge in [-0.1, -0.05) is 6.07 Å². The Kier molecular flexibility index (Phi) is 2.25. The molecule has 0 spiro atoms. The van der Waals surface area contributed by atoms with Crippen LogP contribution in [0.25, 0.3) is 0 Å². The fraction of sp³-hybridized carbons (Fsp3) is 0.400. The zero-order valence-electron chi connectivity index (χ0n) is 7.39. The molecule has 0 saturated carbocycles. The lowest BCUT2D eigenvalue weighted by atomic mass is 10.1. The summed E-state index contributed by atoms with van der Waals surface area (Å²) in [6.45, 7) is 0.878. The van der Waals surface area contributed by atoms with Crippen LogP contribution in [0.3, 0.4) is 0 Å². The van der Waals surface area contributed by atoms with Crippen molar-refractivity contribution in [1.29, 1.82) is 0 Å². The largest absolute Gasteiger partial charge is 0.338 e. The molecule has 0 bridgehead atoms. The van der Waals surface area contributed by atoms with Gasteiger partial charge in [0.15, 0.2) is 0 Å². The van der Waals surface area contributed by atoms with Crippen molar-refractivity contribution in [1.82, 2.24) is 9.88 Å². The van der Waals surface area contributed by atoms with Crippen molar-refractivity contribution in [2.75, 3.05) is 6.54 Å². The van der Waals surface area contributed by atoms with Gasteiger partial charge in [-0.15, -0.1) is 0 Å². The third-order valence-corrected chi connectivity index (χ3v) is 2.50. The molecule has 0 aromatic carbocycles. The molecule has 1 aliphatic heterocycles. The fourth-order valence-electron chi connectivity index (χ4n) is 1.85. The van der Waals surface area contributed by atoms with Crippen LogP contribution in [0.15, 0.2) is 24.5 Å². The minimum atomic E-state index is 0.256. The summed E-state index contributed by atoms with van der Waals surface area (Å²) in [6, 6.07) is 4.20. The third-order valence-electron chi connectivity index (χ3n) is 2.50. The second-order valence-corrected chi connectivity index (χ2v) is 3.29. The predicted molar refractivity (Wildman–Crippen MR) is 49.0 cm³/mol. The fourth-order valence-corrected chi connectivity index (χ4v) is 1.85. The Labute approximate surface area is 77.4 Å². The average Bonchev–Trinajstić information content (AvgIpc) is 2.67. The first-order chi connectivity index (χ1) is 6.42. The Hall–Kier alpha value is -1.38. The van der Waals surface area contributed by atoms with Crippen molar-refractivity contribution in [2.45, 2.75) is 18.9 Å². The molecule has 13 heavy (non-hydrogen) atoms. The topological polar surface area (TPSA) is 33.2 Å². The van der Waals surface area contributed by atoms with Crippen LogP contribution in [0.1, 0.15) is 24.4 Å². The second-order valence-electron chi connectivity index (χ2n) is 3.29. The van der Waals surface area contributed by atoms with Crippen LogP contribution in [0.2, 0.25) is 0 Å². The lowest BCUT2D eigenvalue weighted by Gasteiger charge is -2.19. The predicted octanol–water partition coefficient (Wildman–Crippen LogP) is 1.37. The number of hydrogen-bond acceptors (Lipinski definition) is 2. The van der Waals surface area contributed by atoms with Gasteiger partial charge in [-0.2, -0.15) is 0 Å². The van der Waals surface area contributed by atoms with Crippen LogP contribution in [-0.4, -0.2) is 22.8 Å². The van der Waals surface area contributed by atoms with Crippen molar-refractivity contribution < 1.29 is 4.79 Å². The molecule has 0 N–H and O–H groups in total. The highest BCUT2D eigenvalue weighted by molar-refractivity contribution is 5.49. The molecule has 0 radical (unpaired) electrons. The van der Waals surface area contributed by atoms with Crippen molar-refractivity contribution in [3.63, 3.8) is 0 Å². The molecule has 3 nitrogen and oxygen atoms in total. The minimum absolute atomic E-state index is 0.256. The van der Waals surface area contributed by atoms with E-state index < -0.39 is 0 Å². The summed E-state index contributed by atoms with van der Waals surface area (Å²) in [5.41, 5.74) is 1.15. The van der Waals surface area contributed by atoms with E-state index in [9.17, 15) is 4.79 Å². The van der Waals surface area contributed by atoms with Crippen molar-refractivity contribution in [3.8, 4) is 0 Å². The van der Waals surface area contributed by atoms with Gasteiger partial charge in [0, 0.05) is 18.9 Å². The highest BCUT2D eigenvalue weighted by Gasteiger charge is 2.24. The Bertz CT molecular complexity index is 286. The van der Waals surface area contributed by atoms with Crippen LogP contribution < -0.4 is 0 Å². The standard InChI is InChI=1S/C10H12N2O/c13-8-12-6-2-4-10(12)9-3-1-5-11-7-9/h1,3,5,7-8,10H,2,4,6H2. The van der Waals surface area contributed by atoms with Crippen molar-refractivity contribution in [2.24, 2.45) is 0 Å². The van der Waals surface area contributed by atoms with E-state index in [0.29, 0.717) is 0 Å². The Morgan fingerprint density at radius 2 is 2.54 bits per heavy atom. The molecular weight excluding hydrogens is 164 g/mol. The van der Waals surface area contributed by atoms with E-state index in [1.807, 2.05) is 23.2 Å². The number of pyridine rings is 1. The van der Waals surface area contributed by atoms with Crippen LogP contribution in [0, 0.1) is 0 Å². The van der Waals surface area contributed by atoms with E-state index in [4.69, 9.17) is 0 Å². The monoisotopic (exact) mass is 176 g/mol. The van der Waals surface area contributed by atoms with E-state index in [1.165, 1.54) is 0 Å². The van der Waals surface area contributed by atoms with Crippen LogP contribution in [-0.2, 0) is 4.79 Å².